The minimum Gasteiger partial charge on any atom is -0.363 e. The van der Waals surface area contributed by atoms with Crippen molar-refractivity contribution in [3.8, 4) is 0 Å². The molecule has 2 heterocycles. The molecule has 6 heteroatoms. The summed E-state index contributed by atoms with van der Waals surface area (Å²) in [6.07, 6.45) is 3.95. The highest BCUT2D eigenvalue weighted by molar-refractivity contribution is 5.63. The summed E-state index contributed by atoms with van der Waals surface area (Å²) >= 11 is 0. The molecule has 6 nitrogen and oxygen atoms in total. The van der Waals surface area contributed by atoms with E-state index in [4.69, 9.17) is 0 Å². The number of benzene rings is 1. The van der Waals surface area contributed by atoms with E-state index >= 15 is 0 Å². The number of nitrogens with zero attached hydrogens (tertiary/aromatic N) is 4. The third kappa shape index (κ3) is 3.82. The van der Waals surface area contributed by atoms with Gasteiger partial charge in [-0.05, 0) is 32.5 Å². The molecule has 0 radical (unpaired) electrons. The summed E-state index contributed by atoms with van der Waals surface area (Å²) in [5.74, 6) is 0. The Balaban J connectivity index is 1.57. The SMILES string of the molecule is CN1CCCC[C@@H]1CN1CCN(c2ccccc2[N+](=O)[O-])CC1. The van der Waals surface area contributed by atoms with Gasteiger partial charge in [-0.3, -0.25) is 15.0 Å². The molecule has 0 amide bonds. The molecule has 0 spiro atoms. The number of nitro benzene ring substituents is 1. The smallest absolute Gasteiger partial charge is 0.292 e. The second-order valence-corrected chi connectivity index (χ2v) is 6.66. The van der Waals surface area contributed by atoms with Crippen molar-refractivity contribution in [1.29, 1.82) is 0 Å². The van der Waals surface area contributed by atoms with Crippen molar-refractivity contribution in [2.24, 2.45) is 0 Å². The summed E-state index contributed by atoms with van der Waals surface area (Å²) in [4.78, 5) is 18.1. The normalized spacial score (nSPS) is 23.9. The number of hydrogen-bond donors (Lipinski definition) is 0. The number of nitro groups is 1. The van der Waals surface area contributed by atoms with Crippen LogP contribution in [0.1, 0.15) is 19.3 Å². The minimum atomic E-state index is -0.279. The first-order valence-corrected chi connectivity index (χ1v) is 8.56. The lowest BCUT2D eigenvalue weighted by atomic mass is 10.0. The maximum absolute atomic E-state index is 11.2. The van der Waals surface area contributed by atoms with Crippen molar-refractivity contribution in [2.75, 3.05) is 51.2 Å². The first kappa shape index (κ1) is 16.2. The van der Waals surface area contributed by atoms with Crippen LogP contribution in [-0.4, -0.2) is 67.1 Å². The van der Waals surface area contributed by atoms with Gasteiger partial charge in [0.05, 0.1) is 4.92 Å². The van der Waals surface area contributed by atoms with Gasteiger partial charge in [0.15, 0.2) is 0 Å². The molecule has 0 aromatic heterocycles. The van der Waals surface area contributed by atoms with Crippen LogP contribution in [0.5, 0.6) is 0 Å². The fourth-order valence-corrected chi connectivity index (χ4v) is 3.73. The van der Waals surface area contributed by atoms with Gasteiger partial charge in [0, 0.05) is 44.8 Å². The highest BCUT2D eigenvalue weighted by Gasteiger charge is 2.26. The summed E-state index contributed by atoms with van der Waals surface area (Å²) in [6.45, 7) is 6.03. The Morgan fingerprint density at radius 1 is 1.13 bits per heavy atom. The maximum Gasteiger partial charge on any atom is 0.292 e. The Labute approximate surface area is 137 Å². The quantitative estimate of drug-likeness (QED) is 0.629. The van der Waals surface area contributed by atoms with Gasteiger partial charge in [0.25, 0.3) is 5.69 Å². The lowest BCUT2D eigenvalue weighted by Gasteiger charge is -2.40. The zero-order chi connectivity index (χ0) is 16.2. The fraction of sp³-hybridized carbons (Fsp3) is 0.647. The van der Waals surface area contributed by atoms with Gasteiger partial charge in [-0.25, -0.2) is 0 Å². The molecular formula is C17H26N4O2. The van der Waals surface area contributed by atoms with Crippen LogP contribution in [0.2, 0.25) is 0 Å². The monoisotopic (exact) mass is 318 g/mol. The number of para-hydroxylation sites is 2. The number of piperidine rings is 1. The molecule has 0 bridgehead atoms. The molecule has 126 valence electrons. The van der Waals surface area contributed by atoms with Gasteiger partial charge in [-0.2, -0.15) is 0 Å². The van der Waals surface area contributed by atoms with Crippen LogP contribution in [0.3, 0.4) is 0 Å². The van der Waals surface area contributed by atoms with Crippen molar-refractivity contribution in [3.05, 3.63) is 34.4 Å². The number of rotatable bonds is 4. The van der Waals surface area contributed by atoms with E-state index in [9.17, 15) is 10.1 Å². The Hall–Kier alpha value is -1.66. The average molecular weight is 318 g/mol. The van der Waals surface area contributed by atoms with Crippen molar-refractivity contribution in [3.63, 3.8) is 0 Å². The average Bonchev–Trinajstić information content (AvgIpc) is 2.58. The zero-order valence-electron chi connectivity index (χ0n) is 13.9. The van der Waals surface area contributed by atoms with E-state index in [1.165, 1.54) is 25.8 Å². The minimum absolute atomic E-state index is 0.216. The topological polar surface area (TPSA) is 52.9 Å². The molecule has 0 saturated carbocycles. The lowest BCUT2D eigenvalue weighted by Crippen LogP contribution is -2.52. The number of hydrogen-bond acceptors (Lipinski definition) is 5. The fourth-order valence-electron chi connectivity index (χ4n) is 3.73. The summed E-state index contributed by atoms with van der Waals surface area (Å²) in [6, 6.07) is 7.74. The van der Waals surface area contributed by atoms with Crippen LogP contribution in [-0.2, 0) is 0 Å². The predicted molar refractivity (Wildman–Crippen MR) is 92.0 cm³/mol. The molecule has 0 aliphatic carbocycles. The molecular weight excluding hydrogens is 292 g/mol. The van der Waals surface area contributed by atoms with Gasteiger partial charge in [0.2, 0.25) is 0 Å². The van der Waals surface area contributed by atoms with E-state index < -0.39 is 0 Å². The summed E-state index contributed by atoms with van der Waals surface area (Å²) in [7, 11) is 2.23. The predicted octanol–water partition coefficient (Wildman–Crippen LogP) is 2.20. The molecule has 23 heavy (non-hydrogen) atoms. The Morgan fingerprint density at radius 3 is 2.57 bits per heavy atom. The van der Waals surface area contributed by atoms with Crippen LogP contribution in [0.4, 0.5) is 11.4 Å². The van der Waals surface area contributed by atoms with Crippen LogP contribution in [0.15, 0.2) is 24.3 Å². The largest absolute Gasteiger partial charge is 0.363 e. The molecule has 1 aromatic rings. The number of anilines is 1. The molecule has 0 N–H and O–H groups in total. The molecule has 2 saturated heterocycles. The van der Waals surface area contributed by atoms with Gasteiger partial charge in [-0.15, -0.1) is 0 Å². The van der Waals surface area contributed by atoms with E-state index in [0.29, 0.717) is 6.04 Å². The molecule has 2 aliphatic rings. The zero-order valence-corrected chi connectivity index (χ0v) is 13.9. The third-order valence-corrected chi connectivity index (χ3v) is 5.18. The summed E-state index contributed by atoms with van der Waals surface area (Å²) < 4.78 is 0. The van der Waals surface area contributed by atoms with E-state index in [-0.39, 0.29) is 10.6 Å². The van der Waals surface area contributed by atoms with Crippen molar-refractivity contribution < 1.29 is 4.92 Å². The Bertz CT molecular complexity index is 543. The first-order chi connectivity index (χ1) is 11.1. The highest BCUT2D eigenvalue weighted by atomic mass is 16.6. The third-order valence-electron chi connectivity index (χ3n) is 5.18. The van der Waals surface area contributed by atoms with Gasteiger partial charge < -0.3 is 9.80 Å². The van der Waals surface area contributed by atoms with Crippen molar-refractivity contribution in [1.82, 2.24) is 9.80 Å². The molecule has 0 unspecified atom stereocenters. The first-order valence-electron chi connectivity index (χ1n) is 8.56. The van der Waals surface area contributed by atoms with Crippen LogP contribution in [0, 0.1) is 10.1 Å². The van der Waals surface area contributed by atoms with Gasteiger partial charge in [0.1, 0.15) is 5.69 Å². The van der Waals surface area contributed by atoms with Crippen LogP contribution in [0.25, 0.3) is 0 Å². The van der Waals surface area contributed by atoms with E-state index in [1.54, 1.807) is 12.1 Å². The molecule has 2 fully saturated rings. The van der Waals surface area contributed by atoms with E-state index in [1.807, 2.05) is 12.1 Å². The number of likely N-dealkylation sites (N-methyl/N-ethyl adjacent to an activating group) is 1. The second kappa shape index (κ2) is 7.27. The molecule has 2 aliphatic heterocycles. The van der Waals surface area contributed by atoms with E-state index in [0.717, 1.165) is 38.4 Å². The number of piperazine rings is 1. The number of likely N-dealkylation sites (tertiary alicyclic amines) is 1. The maximum atomic E-state index is 11.2. The Morgan fingerprint density at radius 2 is 1.87 bits per heavy atom. The molecule has 3 rings (SSSR count). The van der Waals surface area contributed by atoms with Crippen LogP contribution >= 0.6 is 0 Å². The van der Waals surface area contributed by atoms with Crippen molar-refractivity contribution >= 4 is 11.4 Å². The Kier molecular flexibility index (Phi) is 5.13. The van der Waals surface area contributed by atoms with Gasteiger partial charge in [-0.1, -0.05) is 18.6 Å². The van der Waals surface area contributed by atoms with Crippen molar-refractivity contribution in [2.45, 2.75) is 25.3 Å². The van der Waals surface area contributed by atoms with E-state index in [2.05, 4.69) is 21.7 Å². The second-order valence-electron chi connectivity index (χ2n) is 6.66. The van der Waals surface area contributed by atoms with Gasteiger partial charge >= 0.3 is 0 Å². The standard InChI is InChI=1S/C17H26N4O2/c1-18-9-5-4-6-15(18)14-19-10-12-20(13-11-19)16-7-2-3-8-17(16)21(22)23/h2-3,7-8,15H,4-6,9-14H2,1H3/t15-/m1/s1. The molecule has 1 atom stereocenters. The lowest BCUT2D eigenvalue weighted by molar-refractivity contribution is -0.384. The van der Waals surface area contributed by atoms with Crippen LogP contribution < -0.4 is 4.90 Å². The summed E-state index contributed by atoms with van der Waals surface area (Å²) in [5, 5.41) is 11.2. The summed E-state index contributed by atoms with van der Waals surface area (Å²) in [5.41, 5.74) is 0.972. The molecule has 1 aromatic carbocycles. The highest BCUT2D eigenvalue weighted by Crippen LogP contribution is 2.28.